The highest BCUT2D eigenvalue weighted by Gasteiger charge is 2.46. The maximum Gasteiger partial charge on any atom is 0.248 e. The molecule has 0 radical (unpaired) electrons. The van der Waals surface area contributed by atoms with E-state index >= 15 is 0 Å². The molecule has 5 nitrogen and oxygen atoms in total. The van der Waals surface area contributed by atoms with Gasteiger partial charge in [0.1, 0.15) is 5.54 Å². The van der Waals surface area contributed by atoms with Crippen LogP contribution in [0.15, 0.2) is 0 Å². The van der Waals surface area contributed by atoms with E-state index in [-0.39, 0.29) is 17.1 Å². The second kappa shape index (κ2) is 6.24. The fourth-order valence-electron chi connectivity index (χ4n) is 3.06. The lowest BCUT2D eigenvalue weighted by Gasteiger charge is -2.32. The lowest BCUT2D eigenvalue weighted by Crippen LogP contribution is -2.55. The van der Waals surface area contributed by atoms with Crippen LogP contribution in [0.2, 0.25) is 0 Å². The molecule has 1 aliphatic heterocycles. The Morgan fingerprint density at radius 1 is 1.35 bits per heavy atom. The van der Waals surface area contributed by atoms with Crippen molar-refractivity contribution in [3.8, 4) is 0 Å². The van der Waals surface area contributed by atoms with Crippen molar-refractivity contribution in [1.82, 2.24) is 10.2 Å². The van der Waals surface area contributed by atoms with Gasteiger partial charge in [-0.3, -0.25) is 13.8 Å². The number of carbonyl (C=O) groups is 2. The Kier molecular flexibility index (Phi) is 4.83. The van der Waals surface area contributed by atoms with Crippen molar-refractivity contribution >= 4 is 22.6 Å². The van der Waals surface area contributed by atoms with Crippen LogP contribution in [-0.4, -0.2) is 51.1 Å². The molecule has 1 aliphatic carbocycles. The van der Waals surface area contributed by atoms with Crippen LogP contribution in [0.3, 0.4) is 0 Å². The number of hydrogen-bond acceptors (Lipinski definition) is 3. The molecular formula is C14H24N2O3S. The van der Waals surface area contributed by atoms with Gasteiger partial charge in [0.25, 0.3) is 0 Å². The lowest BCUT2D eigenvalue weighted by molar-refractivity contribution is -0.138. The molecule has 1 spiro atoms. The van der Waals surface area contributed by atoms with E-state index < -0.39 is 16.3 Å². The number of rotatable bonds is 4. The van der Waals surface area contributed by atoms with Crippen molar-refractivity contribution in [2.45, 2.75) is 56.2 Å². The van der Waals surface area contributed by atoms with E-state index in [0.29, 0.717) is 19.5 Å². The molecule has 2 fully saturated rings. The van der Waals surface area contributed by atoms with Gasteiger partial charge in [-0.15, -0.1) is 0 Å². The summed E-state index contributed by atoms with van der Waals surface area (Å²) in [4.78, 5) is 26.4. The van der Waals surface area contributed by atoms with Gasteiger partial charge in [-0.2, -0.15) is 0 Å². The molecular weight excluding hydrogens is 276 g/mol. The highest BCUT2D eigenvalue weighted by Crippen LogP contribution is 2.33. The normalized spacial score (nSPS) is 25.4. The second-order valence-corrected chi connectivity index (χ2v) is 7.78. The first kappa shape index (κ1) is 15.5. The number of hydrogen-bond donors (Lipinski definition) is 1. The summed E-state index contributed by atoms with van der Waals surface area (Å²) in [5.74, 6) is 0.0461. The zero-order valence-corrected chi connectivity index (χ0v) is 13.1. The van der Waals surface area contributed by atoms with Gasteiger partial charge in [-0.1, -0.05) is 19.8 Å². The first-order chi connectivity index (χ1) is 9.44. The Hall–Kier alpha value is -0.910. The van der Waals surface area contributed by atoms with E-state index in [2.05, 4.69) is 5.32 Å². The summed E-state index contributed by atoms with van der Waals surface area (Å²) in [6, 6.07) is 0. The first-order valence-electron chi connectivity index (χ1n) is 7.37. The average molecular weight is 300 g/mol. The minimum Gasteiger partial charge on any atom is -0.342 e. The predicted octanol–water partition coefficient (Wildman–Crippen LogP) is 0.805. The fraction of sp³-hybridized carbons (Fsp3) is 0.857. The van der Waals surface area contributed by atoms with Crippen LogP contribution in [0.1, 0.15) is 45.4 Å². The molecule has 0 aromatic carbocycles. The summed E-state index contributed by atoms with van der Waals surface area (Å²) in [5, 5.41) is 3.03. The topological polar surface area (TPSA) is 66.5 Å². The van der Waals surface area contributed by atoms with Crippen LogP contribution >= 0.6 is 0 Å². The van der Waals surface area contributed by atoms with Crippen LogP contribution in [0.5, 0.6) is 0 Å². The van der Waals surface area contributed by atoms with E-state index in [9.17, 15) is 13.8 Å². The maximum atomic E-state index is 12.7. The highest BCUT2D eigenvalue weighted by atomic mass is 32.2. The van der Waals surface area contributed by atoms with Crippen LogP contribution in [0.25, 0.3) is 0 Å². The molecule has 0 aromatic rings. The average Bonchev–Trinajstić information content (AvgIpc) is 2.82. The monoisotopic (exact) mass is 300 g/mol. The number of carbonyl (C=O) groups excluding carboxylic acids is 2. The van der Waals surface area contributed by atoms with Gasteiger partial charge in [0.05, 0.1) is 0 Å². The molecule has 0 aromatic heterocycles. The molecule has 2 aliphatic rings. The first-order valence-corrected chi connectivity index (χ1v) is 8.99. The largest absolute Gasteiger partial charge is 0.342 e. The highest BCUT2D eigenvalue weighted by molar-refractivity contribution is 7.84. The van der Waals surface area contributed by atoms with Crippen LogP contribution in [-0.2, 0) is 20.4 Å². The van der Waals surface area contributed by atoms with Gasteiger partial charge in [0.15, 0.2) is 0 Å². The zero-order valence-electron chi connectivity index (χ0n) is 12.3. The van der Waals surface area contributed by atoms with Gasteiger partial charge in [0.2, 0.25) is 11.8 Å². The van der Waals surface area contributed by atoms with E-state index in [0.717, 1.165) is 32.1 Å². The summed E-state index contributed by atoms with van der Waals surface area (Å²) in [7, 11) is -0.868. The van der Waals surface area contributed by atoms with E-state index in [1.807, 2.05) is 6.92 Å². The van der Waals surface area contributed by atoms with Gasteiger partial charge in [-0.25, -0.2) is 0 Å². The fourth-order valence-corrected chi connectivity index (χ4v) is 3.50. The van der Waals surface area contributed by atoms with E-state index in [1.54, 1.807) is 11.2 Å². The molecule has 2 rings (SSSR count). The molecule has 2 atom stereocenters. The Labute approximate surface area is 122 Å². The van der Waals surface area contributed by atoms with E-state index in [1.165, 1.54) is 0 Å². The van der Waals surface area contributed by atoms with Crippen LogP contribution in [0.4, 0.5) is 0 Å². The van der Waals surface area contributed by atoms with Gasteiger partial charge in [0, 0.05) is 41.8 Å². The molecule has 1 N–H and O–H groups in total. The quantitative estimate of drug-likeness (QED) is 0.835. The Morgan fingerprint density at radius 3 is 2.60 bits per heavy atom. The lowest BCUT2D eigenvalue weighted by atomic mass is 9.96. The summed E-state index contributed by atoms with van der Waals surface area (Å²) in [6.45, 7) is 3.01. The Bertz CT molecular complexity index is 419. The molecule has 20 heavy (non-hydrogen) atoms. The summed E-state index contributed by atoms with van der Waals surface area (Å²) >= 11 is 0. The number of nitrogens with one attached hydrogen (secondary N) is 1. The molecule has 6 heteroatoms. The molecule has 2 amide bonds. The molecule has 2 unspecified atom stereocenters. The van der Waals surface area contributed by atoms with Gasteiger partial charge in [-0.05, 0) is 19.3 Å². The van der Waals surface area contributed by atoms with Crippen molar-refractivity contribution in [2.75, 3.05) is 19.3 Å². The molecule has 0 bridgehead atoms. The van der Waals surface area contributed by atoms with Crippen molar-refractivity contribution in [2.24, 2.45) is 0 Å². The number of amides is 2. The minimum absolute atomic E-state index is 0.0186. The van der Waals surface area contributed by atoms with Crippen molar-refractivity contribution < 1.29 is 13.8 Å². The van der Waals surface area contributed by atoms with Crippen molar-refractivity contribution in [1.29, 1.82) is 0 Å². The smallest absolute Gasteiger partial charge is 0.248 e. The molecule has 114 valence electrons. The summed E-state index contributed by atoms with van der Waals surface area (Å²) in [5.41, 5.74) is -0.651. The third-order valence-corrected chi connectivity index (χ3v) is 5.88. The standard InChI is InChI=1S/C14H24N2O3S/c1-11(20(2)19)5-9-16-10-6-12(17)15-14(13(16)18)7-3-4-8-14/h11H,3-10H2,1-2H3,(H,15,17). The van der Waals surface area contributed by atoms with E-state index in [4.69, 9.17) is 0 Å². The van der Waals surface area contributed by atoms with Crippen LogP contribution in [0, 0.1) is 0 Å². The van der Waals surface area contributed by atoms with Crippen molar-refractivity contribution in [3.05, 3.63) is 0 Å². The third kappa shape index (κ3) is 3.22. The molecule has 1 heterocycles. The maximum absolute atomic E-state index is 12.7. The van der Waals surface area contributed by atoms with Gasteiger partial charge >= 0.3 is 0 Å². The third-order valence-electron chi connectivity index (χ3n) is 4.51. The number of nitrogens with zero attached hydrogens (tertiary/aromatic N) is 1. The van der Waals surface area contributed by atoms with Gasteiger partial charge < -0.3 is 10.2 Å². The molecule has 1 saturated heterocycles. The predicted molar refractivity (Wildman–Crippen MR) is 78.7 cm³/mol. The Morgan fingerprint density at radius 2 is 2.00 bits per heavy atom. The summed E-state index contributed by atoms with van der Waals surface area (Å²) in [6.07, 6.45) is 6.28. The SMILES string of the molecule is CC(CCN1CCC(=O)NC2(CCCC2)C1=O)S(C)=O. The molecule has 1 saturated carbocycles. The zero-order chi connectivity index (χ0) is 14.8. The minimum atomic E-state index is -0.868. The Balaban J connectivity index is 2.06. The van der Waals surface area contributed by atoms with Crippen LogP contribution < -0.4 is 5.32 Å². The summed E-state index contributed by atoms with van der Waals surface area (Å²) < 4.78 is 11.4. The van der Waals surface area contributed by atoms with Crippen molar-refractivity contribution in [3.63, 3.8) is 0 Å². The second-order valence-electron chi connectivity index (χ2n) is 5.98.